The minimum absolute atomic E-state index is 0.0508. The molecule has 2 aromatic carbocycles. The monoisotopic (exact) mass is 458 g/mol. The molecule has 1 saturated heterocycles. The number of piperidine rings is 1. The van der Waals surface area contributed by atoms with Crippen LogP contribution in [0.4, 0.5) is 5.69 Å². The SMILES string of the molecule is CCC1CCCCN1S(=O)(=O)c1ccc(NC(=O)/C=C/c2ccc(OC)c(OC)c2)cc1. The van der Waals surface area contributed by atoms with Crippen molar-refractivity contribution in [2.45, 2.75) is 43.5 Å². The summed E-state index contributed by atoms with van der Waals surface area (Å²) in [5.41, 5.74) is 1.31. The second kappa shape index (κ2) is 10.7. The van der Waals surface area contributed by atoms with Crippen LogP contribution in [0.1, 0.15) is 38.2 Å². The highest BCUT2D eigenvalue weighted by Crippen LogP contribution is 2.29. The lowest BCUT2D eigenvalue weighted by molar-refractivity contribution is -0.111. The van der Waals surface area contributed by atoms with Gasteiger partial charge >= 0.3 is 0 Å². The average molecular weight is 459 g/mol. The summed E-state index contributed by atoms with van der Waals surface area (Å²) in [5.74, 6) is 0.863. The number of rotatable bonds is 8. The zero-order valence-corrected chi connectivity index (χ0v) is 19.5. The molecule has 7 nitrogen and oxygen atoms in total. The normalized spacial score (nSPS) is 17.3. The van der Waals surface area contributed by atoms with E-state index in [2.05, 4.69) is 5.32 Å². The lowest BCUT2D eigenvalue weighted by atomic mass is 10.0. The number of ether oxygens (including phenoxy) is 2. The van der Waals surface area contributed by atoms with Crippen molar-refractivity contribution in [1.29, 1.82) is 0 Å². The topological polar surface area (TPSA) is 84.9 Å². The van der Waals surface area contributed by atoms with E-state index < -0.39 is 10.0 Å². The summed E-state index contributed by atoms with van der Waals surface area (Å²) < 4.78 is 38.2. The summed E-state index contributed by atoms with van der Waals surface area (Å²) in [6.45, 7) is 2.58. The molecule has 172 valence electrons. The first kappa shape index (κ1) is 23.8. The smallest absolute Gasteiger partial charge is 0.248 e. The van der Waals surface area contributed by atoms with Gasteiger partial charge < -0.3 is 14.8 Å². The molecule has 3 rings (SSSR count). The van der Waals surface area contributed by atoms with Crippen molar-refractivity contribution in [1.82, 2.24) is 4.31 Å². The van der Waals surface area contributed by atoms with Crippen LogP contribution in [0.3, 0.4) is 0 Å². The van der Waals surface area contributed by atoms with E-state index in [1.54, 1.807) is 61.0 Å². The lowest BCUT2D eigenvalue weighted by Gasteiger charge is -2.34. The highest BCUT2D eigenvalue weighted by atomic mass is 32.2. The second-order valence-corrected chi connectivity index (χ2v) is 9.53. The Morgan fingerprint density at radius 3 is 2.47 bits per heavy atom. The highest BCUT2D eigenvalue weighted by molar-refractivity contribution is 7.89. The number of anilines is 1. The zero-order chi connectivity index (χ0) is 23.1. The number of benzene rings is 2. The maximum absolute atomic E-state index is 13.1. The van der Waals surface area contributed by atoms with E-state index in [0.29, 0.717) is 23.7 Å². The number of methoxy groups -OCH3 is 2. The molecule has 1 unspecified atom stereocenters. The summed E-state index contributed by atoms with van der Waals surface area (Å²) >= 11 is 0. The third kappa shape index (κ3) is 5.49. The second-order valence-electron chi connectivity index (χ2n) is 7.63. The van der Waals surface area contributed by atoms with Gasteiger partial charge in [-0.3, -0.25) is 4.79 Å². The molecule has 1 heterocycles. The van der Waals surface area contributed by atoms with Gasteiger partial charge in [0.1, 0.15) is 0 Å². The molecule has 2 aromatic rings. The van der Waals surface area contributed by atoms with Gasteiger partial charge in [0, 0.05) is 24.4 Å². The van der Waals surface area contributed by atoms with E-state index in [1.807, 2.05) is 13.0 Å². The Balaban J connectivity index is 1.66. The van der Waals surface area contributed by atoms with Gasteiger partial charge in [0.15, 0.2) is 11.5 Å². The molecule has 0 aromatic heterocycles. The molecular formula is C24H30N2O5S. The van der Waals surface area contributed by atoms with Crippen LogP contribution in [0, 0.1) is 0 Å². The van der Waals surface area contributed by atoms with E-state index in [1.165, 1.54) is 6.08 Å². The Morgan fingerprint density at radius 2 is 1.81 bits per heavy atom. The van der Waals surface area contributed by atoms with Gasteiger partial charge in [0.25, 0.3) is 0 Å². The molecule has 1 N–H and O–H groups in total. The number of hydrogen-bond acceptors (Lipinski definition) is 5. The lowest BCUT2D eigenvalue weighted by Crippen LogP contribution is -2.43. The minimum atomic E-state index is -3.54. The van der Waals surface area contributed by atoms with Crippen molar-refractivity contribution >= 4 is 27.7 Å². The molecule has 0 bridgehead atoms. The van der Waals surface area contributed by atoms with Crippen LogP contribution < -0.4 is 14.8 Å². The molecule has 0 radical (unpaired) electrons. The molecule has 32 heavy (non-hydrogen) atoms. The van der Waals surface area contributed by atoms with Crippen molar-refractivity contribution in [3.8, 4) is 11.5 Å². The fourth-order valence-corrected chi connectivity index (χ4v) is 5.62. The number of sulfonamides is 1. The quantitative estimate of drug-likeness (QED) is 0.596. The van der Waals surface area contributed by atoms with Gasteiger partial charge in [-0.15, -0.1) is 0 Å². The Morgan fingerprint density at radius 1 is 1.09 bits per heavy atom. The third-order valence-corrected chi connectivity index (χ3v) is 7.57. The standard InChI is InChI=1S/C24H30N2O5S/c1-4-20-7-5-6-16-26(20)32(28,29)21-12-10-19(11-13-21)25-24(27)15-9-18-8-14-22(30-2)23(17-18)31-3/h8-15,17,20H,4-7,16H2,1-3H3,(H,25,27)/b15-9+. The molecule has 1 amide bonds. The Hall–Kier alpha value is -2.84. The molecule has 0 aliphatic carbocycles. The molecule has 0 saturated carbocycles. The molecule has 1 aliphatic rings. The van der Waals surface area contributed by atoms with E-state index in [0.717, 1.165) is 31.2 Å². The Kier molecular flexibility index (Phi) is 7.93. The summed E-state index contributed by atoms with van der Waals surface area (Å²) in [6.07, 6.45) is 6.72. The molecule has 1 atom stereocenters. The van der Waals surface area contributed by atoms with Gasteiger partial charge in [-0.2, -0.15) is 4.31 Å². The fourth-order valence-electron chi connectivity index (χ4n) is 3.86. The van der Waals surface area contributed by atoms with Crippen LogP contribution in [0.2, 0.25) is 0 Å². The number of amides is 1. The molecular weight excluding hydrogens is 428 g/mol. The zero-order valence-electron chi connectivity index (χ0n) is 18.7. The van der Waals surface area contributed by atoms with Crippen LogP contribution in [0.15, 0.2) is 53.4 Å². The van der Waals surface area contributed by atoms with Gasteiger partial charge in [-0.1, -0.05) is 19.4 Å². The number of hydrogen-bond donors (Lipinski definition) is 1. The summed E-state index contributed by atoms with van der Waals surface area (Å²) in [6, 6.07) is 11.7. The summed E-state index contributed by atoms with van der Waals surface area (Å²) in [5, 5.41) is 2.75. The van der Waals surface area contributed by atoms with Crippen molar-refractivity contribution in [3.05, 3.63) is 54.1 Å². The largest absolute Gasteiger partial charge is 0.493 e. The maximum Gasteiger partial charge on any atom is 0.248 e. The third-order valence-electron chi connectivity index (χ3n) is 5.61. The van der Waals surface area contributed by atoms with Gasteiger partial charge in [0.05, 0.1) is 19.1 Å². The van der Waals surface area contributed by atoms with E-state index in [-0.39, 0.29) is 16.8 Å². The van der Waals surface area contributed by atoms with Gasteiger partial charge in [-0.05, 0) is 67.3 Å². The maximum atomic E-state index is 13.1. The Bertz CT molecular complexity index is 1060. The molecule has 8 heteroatoms. The Labute approximate surface area is 190 Å². The first-order chi connectivity index (χ1) is 15.4. The van der Waals surface area contributed by atoms with Crippen LogP contribution >= 0.6 is 0 Å². The first-order valence-corrected chi connectivity index (χ1v) is 12.2. The first-order valence-electron chi connectivity index (χ1n) is 10.7. The number of carbonyl (C=O) groups excluding carboxylic acids is 1. The van der Waals surface area contributed by atoms with Gasteiger partial charge in [-0.25, -0.2) is 8.42 Å². The van der Waals surface area contributed by atoms with Gasteiger partial charge in [0.2, 0.25) is 15.9 Å². The molecule has 1 aliphatic heterocycles. The number of nitrogens with zero attached hydrogens (tertiary/aromatic N) is 1. The summed E-state index contributed by atoms with van der Waals surface area (Å²) in [4.78, 5) is 12.5. The highest BCUT2D eigenvalue weighted by Gasteiger charge is 2.32. The van der Waals surface area contributed by atoms with Crippen LogP contribution in [0.5, 0.6) is 11.5 Å². The average Bonchev–Trinajstić information content (AvgIpc) is 2.82. The predicted octanol–water partition coefficient (Wildman–Crippen LogP) is 4.31. The van der Waals surface area contributed by atoms with Crippen molar-refractivity contribution in [2.24, 2.45) is 0 Å². The van der Waals surface area contributed by atoms with Crippen LogP contribution in [0.25, 0.3) is 6.08 Å². The summed E-state index contributed by atoms with van der Waals surface area (Å²) in [7, 11) is -0.430. The van der Waals surface area contributed by atoms with E-state index in [4.69, 9.17) is 9.47 Å². The fraction of sp³-hybridized carbons (Fsp3) is 0.375. The van der Waals surface area contributed by atoms with Crippen molar-refractivity contribution < 1.29 is 22.7 Å². The predicted molar refractivity (Wildman–Crippen MR) is 125 cm³/mol. The molecule has 1 fully saturated rings. The van der Waals surface area contributed by atoms with Crippen molar-refractivity contribution in [3.63, 3.8) is 0 Å². The van der Waals surface area contributed by atoms with E-state index >= 15 is 0 Å². The van der Waals surface area contributed by atoms with E-state index in [9.17, 15) is 13.2 Å². The van der Waals surface area contributed by atoms with Crippen LogP contribution in [-0.2, 0) is 14.8 Å². The van der Waals surface area contributed by atoms with Crippen LogP contribution in [-0.4, -0.2) is 45.4 Å². The number of nitrogens with one attached hydrogen (secondary N) is 1. The van der Waals surface area contributed by atoms with Crippen molar-refractivity contribution in [2.75, 3.05) is 26.1 Å². The number of carbonyl (C=O) groups is 1. The molecule has 0 spiro atoms. The minimum Gasteiger partial charge on any atom is -0.493 e.